The summed E-state index contributed by atoms with van der Waals surface area (Å²) in [7, 11) is 0. The van der Waals surface area contributed by atoms with Crippen molar-refractivity contribution in [3.8, 4) is 0 Å². The number of aryl methyl sites for hydroxylation is 1. The highest BCUT2D eigenvalue weighted by Gasteiger charge is 2.31. The molecule has 192 valence electrons. The van der Waals surface area contributed by atoms with Crippen LogP contribution in [-0.2, 0) is 0 Å². The summed E-state index contributed by atoms with van der Waals surface area (Å²) < 4.78 is 0. The van der Waals surface area contributed by atoms with Crippen molar-refractivity contribution >= 4 is 11.5 Å². The van der Waals surface area contributed by atoms with E-state index in [1.165, 1.54) is 49.7 Å². The van der Waals surface area contributed by atoms with Gasteiger partial charge in [0, 0.05) is 0 Å². The monoisotopic (exact) mass is 476 g/mol. The summed E-state index contributed by atoms with van der Waals surface area (Å²) in [5.74, 6) is -0.0451. The van der Waals surface area contributed by atoms with Gasteiger partial charge in [-0.2, -0.15) is 0 Å². The third-order valence-electron chi connectivity index (χ3n) is 7.05. The molecule has 0 radical (unpaired) electrons. The van der Waals surface area contributed by atoms with Gasteiger partial charge in [-0.25, -0.2) is 4.79 Å². The van der Waals surface area contributed by atoms with Crippen molar-refractivity contribution in [3.05, 3.63) is 88.5 Å². The van der Waals surface area contributed by atoms with Crippen molar-refractivity contribution in [2.75, 3.05) is 0 Å². The van der Waals surface area contributed by atoms with Crippen LogP contribution in [0.5, 0.6) is 0 Å². The minimum atomic E-state index is -0.872. The van der Waals surface area contributed by atoms with Crippen LogP contribution in [0.25, 0.3) is 5.57 Å². The molecule has 0 heterocycles. The number of allylic oxidation sites excluding steroid dienone is 4. The van der Waals surface area contributed by atoms with Gasteiger partial charge in [0.2, 0.25) is 0 Å². The van der Waals surface area contributed by atoms with Crippen molar-refractivity contribution in [1.29, 1.82) is 0 Å². The second-order valence-electron chi connectivity index (χ2n) is 10.2. The molecule has 0 bridgehead atoms. The number of carboxylic acids is 1. The fourth-order valence-corrected chi connectivity index (χ4v) is 4.60. The lowest BCUT2D eigenvalue weighted by Crippen LogP contribution is -2.27. The van der Waals surface area contributed by atoms with Crippen LogP contribution >= 0.6 is 0 Å². The van der Waals surface area contributed by atoms with E-state index in [-0.39, 0.29) is 0 Å². The Labute approximate surface area is 215 Å². The van der Waals surface area contributed by atoms with E-state index in [2.05, 4.69) is 71.0 Å². The third kappa shape index (κ3) is 10.3. The van der Waals surface area contributed by atoms with Gasteiger partial charge in [0.25, 0.3) is 0 Å². The molecule has 0 aliphatic heterocycles. The fourth-order valence-electron chi connectivity index (χ4n) is 4.60. The van der Waals surface area contributed by atoms with Gasteiger partial charge >= 0.3 is 5.97 Å². The SMILES string of the molecule is CC.CCCCC(C)(C)C1CCC(C)=C(/C=C(\C)c2ccccc2)C1.Cc1cccc(C(=O)O)c1. The summed E-state index contributed by atoms with van der Waals surface area (Å²) in [5, 5.41) is 8.51. The average Bonchev–Trinajstić information content (AvgIpc) is 2.86. The smallest absolute Gasteiger partial charge is 0.335 e. The lowest BCUT2D eigenvalue weighted by Gasteiger charge is -2.38. The Kier molecular flexibility index (Phi) is 13.4. The molecule has 1 unspecified atom stereocenters. The van der Waals surface area contributed by atoms with Crippen LogP contribution in [-0.4, -0.2) is 11.1 Å². The first kappa shape index (κ1) is 30.4. The fraction of sp³-hybridized carbons (Fsp3) is 0.485. The lowest BCUT2D eigenvalue weighted by molar-refractivity contribution is 0.0696. The zero-order chi connectivity index (χ0) is 26.4. The zero-order valence-corrected chi connectivity index (χ0v) is 23.4. The lowest BCUT2D eigenvalue weighted by atomic mass is 9.67. The minimum absolute atomic E-state index is 0.347. The maximum absolute atomic E-state index is 10.4. The highest BCUT2D eigenvalue weighted by molar-refractivity contribution is 5.87. The molecule has 1 atom stereocenters. The van der Waals surface area contributed by atoms with Crippen LogP contribution in [0.15, 0.2) is 71.8 Å². The molecule has 0 spiro atoms. The first-order valence-corrected chi connectivity index (χ1v) is 13.4. The van der Waals surface area contributed by atoms with Crippen LogP contribution < -0.4 is 0 Å². The first-order valence-electron chi connectivity index (χ1n) is 13.4. The second kappa shape index (κ2) is 15.4. The van der Waals surface area contributed by atoms with Crippen LogP contribution in [0.2, 0.25) is 0 Å². The van der Waals surface area contributed by atoms with E-state index in [4.69, 9.17) is 5.11 Å². The maximum Gasteiger partial charge on any atom is 0.335 e. The zero-order valence-electron chi connectivity index (χ0n) is 23.4. The van der Waals surface area contributed by atoms with Crippen molar-refractivity contribution < 1.29 is 9.90 Å². The molecule has 2 aromatic carbocycles. The molecule has 1 aliphatic carbocycles. The van der Waals surface area contributed by atoms with Gasteiger partial charge in [0.1, 0.15) is 0 Å². The number of carboxylic acid groups (broad SMARTS) is 1. The van der Waals surface area contributed by atoms with E-state index in [0.29, 0.717) is 11.0 Å². The molecule has 0 aromatic heterocycles. The molecule has 2 nitrogen and oxygen atoms in total. The molecule has 0 fully saturated rings. The molecule has 1 N–H and O–H groups in total. The Morgan fingerprint density at radius 2 is 1.66 bits per heavy atom. The van der Waals surface area contributed by atoms with E-state index in [9.17, 15) is 4.79 Å². The second-order valence-corrected chi connectivity index (χ2v) is 10.2. The molecular weight excluding hydrogens is 428 g/mol. The number of carbonyl (C=O) groups is 1. The normalized spacial score (nSPS) is 16.0. The maximum atomic E-state index is 10.4. The van der Waals surface area contributed by atoms with Crippen LogP contribution in [0, 0.1) is 18.3 Å². The third-order valence-corrected chi connectivity index (χ3v) is 7.05. The van der Waals surface area contributed by atoms with E-state index < -0.39 is 5.97 Å². The summed E-state index contributed by atoms with van der Waals surface area (Å²) >= 11 is 0. The first-order chi connectivity index (χ1) is 16.6. The van der Waals surface area contributed by atoms with E-state index >= 15 is 0 Å². The van der Waals surface area contributed by atoms with Crippen LogP contribution in [0.4, 0.5) is 0 Å². The molecule has 0 amide bonds. The van der Waals surface area contributed by atoms with Crippen LogP contribution in [0.3, 0.4) is 0 Å². The summed E-state index contributed by atoms with van der Waals surface area (Å²) in [6, 6.07) is 17.6. The Balaban J connectivity index is 0.000000425. The molecular formula is C33H48O2. The van der Waals surface area contributed by atoms with Gasteiger partial charge in [-0.1, -0.05) is 107 Å². The number of unbranched alkanes of at least 4 members (excludes halogenated alkanes) is 1. The Bertz CT molecular complexity index is 964. The van der Waals surface area contributed by atoms with Crippen molar-refractivity contribution in [3.63, 3.8) is 0 Å². The predicted molar refractivity (Wildman–Crippen MR) is 153 cm³/mol. The topological polar surface area (TPSA) is 37.3 Å². The number of rotatable bonds is 7. The highest BCUT2D eigenvalue weighted by atomic mass is 16.4. The number of aromatic carboxylic acids is 1. The van der Waals surface area contributed by atoms with Crippen molar-refractivity contribution in [2.45, 2.75) is 93.9 Å². The largest absolute Gasteiger partial charge is 0.478 e. The van der Waals surface area contributed by atoms with E-state index in [1.54, 1.807) is 29.3 Å². The van der Waals surface area contributed by atoms with Crippen molar-refractivity contribution in [1.82, 2.24) is 0 Å². The number of hydrogen-bond donors (Lipinski definition) is 1. The van der Waals surface area contributed by atoms with Crippen LogP contribution in [0.1, 0.15) is 108 Å². The Morgan fingerprint density at radius 3 is 2.20 bits per heavy atom. The molecule has 3 rings (SSSR count). The average molecular weight is 477 g/mol. The van der Waals surface area contributed by atoms with E-state index in [1.807, 2.05) is 26.8 Å². The molecule has 2 aromatic rings. The summed E-state index contributed by atoms with van der Waals surface area (Å²) in [6.07, 6.45) is 10.4. The molecule has 2 heteroatoms. The van der Waals surface area contributed by atoms with Gasteiger partial charge < -0.3 is 5.11 Å². The molecule has 0 saturated heterocycles. The molecule has 0 saturated carbocycles. The molecule has 1 aliphatic rings. The number of benzene rings is 2. The summed E-state index contributed by atoms with van der Waals surface area (Å²) in [5.41, 5.74) is 7.72. The van der Waals surface area contributed by atoms with Gasteiger partial charge in [-0.15, -0.1) is 0 Å². The van der Waals surface area contributed by atoms with E-state index in [0.717, 1.165) is 11.5 Å². The Morgan fingerprint density at radius 1 is 1.03 bits per heavy atom. The quantitative estimate of drug-likeness (QED) is 0.431. The minimum Gasteiger partial charge on any atom is -0.478 e. The summed E-state index contributed by atoms with van der Waals surface area (Å²) in [6.45, 7) is 17.7. The van der Waals surface area contributed by atoms with Gasteiger partial charge in [-0.05, 0) is 86.6 Å². The predicted octanol–water partition coefficient (Wildman–Crippen LogP) is 10.1. The molecule has 35 heavy (non-hydrogen) atoms. The van der Waals surface area contributed by atoms with Gasteiger partial charge in [-0.3, -0.25) is 0 Å². The highest BCUT2D eigenvalue weighted by Crippen LogP contribution is 2.44. The van der Waals surface area contributed by atoms with Gasteiger partial charge in [0.05, 0.1) is 5.56 Å². The Hall–Kier alpha value is -2.61. The number of hydrogen-bond acceptors (Lipinski definition) is 1. The standard InChI is InChI=1S/C23H34.C8H8O2.C2H6/c1-6-7-15-23(4,5)22-14-13-18(2)21(17-22)16-19(3)20-11-9-8-10-12-20;1-6-3-2-4-7(5-6)8(9)10;1-2/h8-12,16,22H,6-7,13-15,17H2,1-5H3;2-5H,1H3,(H,9,10);1-2H3/b19-16+;;. The summed E-state index contributed by atoms with van der Waals surface area (Å²) in [4.78, 5) is 10.4. The van der Waals surface area contributed by atoms with Crippen molar-refractivity contribution in [2.24, 2.45) is 11.3 Å². The van der Waals surface area contributed by atoms with Gasteiger partial charge in [0.15, 0.2) is 0 Å².